The van der Waals surface area contributed by atoms with Gasteiger partial charge in [0.15, 0.2) is 0 Å². The number of amides is 2. The lowest BCUT2D eigenvalue weighted by Crippen LogP contribution is -2.41. The van der Waals surface area contributed by atoms with Crippen molar-refractivity contribution < 1.29 is 24.3 Å². The van der Waals surface area contributed by atoms with E-state index in [1.807, 2.05) is 35.2 Å². The molecule has 1 atom stereocenters. The average molecular weight is 424 g/mol. The van der Waals surface area contributed by atoms with E-state index in [0.717, 1.165) is 36.8 Å². The average Bonchev–Trinajstić information content (AvgIpc) is 3.03. The summed E-state index contributed by atoms with van der Waals surface area (Å²) in [5.41, 5.74) is 3.80. The summed E-state index contributed by atoms with van der Waals surface area (Å²) in [7, 11) is 1.73. The van der Waals surface area contributed by atoms with Gasteiger partial charge in [-0.2, -0.15) is 0 Å². The fraction of sp³-hybridized carbons (Fsp3) is 0.417. The van der Waals surface area contributed by atoms with Gasteiger partial charge in [0, 0.05) is 24.2 Å². The maximum Gasteiger partial charge on any atom is 0.274 e. The first-order valence-electron chi connectivity index (χ1n) is 10.7. The van der Waals surface area contributed by atoms with Gasteiger partial charge in [0.05, 0.1) is 18.7 Å². The van der Waals surface area contributed by atoms with Crippen molar-refractivity contribution in [1.29, 1.82) is 0 Å². The van der Waals surface area contributed by atoms with Crippen molar-refractivity contribution in [3.8, 4) is 5.75 Å². The third kappa shape index (κ3) is 4.57. The Labute approximate surface area is 181 Å². The number of benzene rings is 2. The number of nitrogens with zero attached hydrogens (tertiary/aromatic N) is 1. The van der Waals surface area contributed by atoms with E-state index in [0.29, 0.717) is 24.5 Å². The van der Waals surface area contributed by atoms with E-state index in [1.165, 1.54) is 0 Å². The van der Waals surface area contributed by atoms with Gasteiger partial charge in [-0.1, -0.05) is 36.4 Å². The zero-order chi connectivity index (χ0) is 21.8. The van der Waals surface area contributed by atoms with Crippen molar-refractivity contribution in [1.82, 2.24) is 10.4 Å². The van der Waals surface area contributed by atoms with Gasteiger partial charge in [0.1, 0.15) is 12.4 Å². The minimum Gasteiger partial charge on any atom is -0.491 e. The fourth-order valence-electron chi connectivity index (χ4n) is 4.54. The molecule has 2 N–H and O–H groups in total. The zero-order valence-corrected chi connectivity index (χ0v) is 17.6. The van der Waals surface area contributed by atoms with Crippen LogP contribution in [0.1, 0.15) is 53.2 Å². The summed E-state index contributed by atoms with van der Waals surface area (Å²) in [6.45, 7) is 0.694. The molecule has 164 valence electrons. The number of carbonyl (C=O) groups excluding carboxylic acids is 2. The fourth-order valence-corrected chi connectivity index (χ4v) is 4.54. The number of hydrogen-bond acceptors (Lipinski definition) is 5. The van der Waals surface area contributed by atoms with Gasteiger partial charge in [-0.15, -0.1) is 0 Å². The van der Waals surface area contributed by atoms with E-state index < -0.39 is 5.91 Å². The molecule has 4 rings (SSSR count). The van der Waals surface area contributed by atoms with E-state index in [2.05, 4.69) is 0 Å². The van der Waals surface area contributed by atoms with Crippen LogP contribution >= 0.6 is 0 Å². The lowest BCUT2D eigenvalue weighted by molar-refractivity contribution is -0.141. The van der Waals surface area contributed by atoms with Gasteiger partial charge in [0.25, 0.3) is 5.91 Å². The molecule has 0 saturated heterocycles. The molecule has 31 heavy (non-hydrogen) atoms. The monoisotopic (exact) mass is 424 g/mol. The van der Waals surface area contributed by atoms with Crippen LogP contribution < -0.4 is 10.2 Å². The van der Waals surface area contributed by atoms with Gasteiger partial charge in [-0.25, -0.2) is 5.48 Å². The molecule has 1 fully saturated rings. The minimum absolute atomic E-state index is 0.0291. The normalized spacial score (nSPS) is 23.3. The van der Waals surface area contributed by atoms with Crippen LogP contribution in [0.15, 0.2) is 48.5 Å². The Morgan fingerprint density at radius 3 is 2.52 bits per heavy atom. The second-order valence-corrected chi connectivity index (χ2v) is 8.18. The summed E-state index contributed by atoms with van der Waals surface area (Å²) < 4.78 is 11.5. The van der Waals surface area contributed by atoms with Crippen molar-refractivity contribution in [2.75, 3.05) is 13.7 Å². The van der Waals surface area contributed by atoms with E-state index in [1.54, 1.807) is 30.8 Å². The van der Waals surface area contributed by atoms with Crippen LogP contribution in [0.5, 0.6) is 5.75 Å². The summed E-state index contributed by atoms with van der Waals surface area (Å²) in [5.74, 6) is 0.0640. The highest BCUT2D eigenvalue weighted by molar-refractivity contribution is 5.93. The van der Waals surface area contributed by atoms with Crippen LogP contribution in [0.4, 0.5) is 0 Å². The number of hydroxylamine groups is 1. The highest BCUT2D eigenvalue weighted by Crippen LogP contribution is 2.36. The SMILES string of the molecule is CO[C@H]1CC[C@@H](C(=O)N2Cc3ccc(C(=O)NO)cc3OC[C@@H]2c2ccccc2)CC1. The van der Waals surface area contributed by atoms with Crippen molar-refractivity contribution in [2.24, 2.45) is 5.92 Å². The van der Waals surface area contributed by atoms with Crippen LogP contribution in [0.25, 0.3) is 0 Å². The standard InChI is InChI=1S/C24H28N2O5/c1-30-20-11-9-17(10-12-20)24(28)26-14-19-8-7-18(23(27)25-29)13-22(19)31-15-21(26)16-5-3-2-4-6-16/h2-8,13,17,20-21,29H,9-12,14-15H2,1H3,(H,25,27)/t17-,20+,21-/m1/s1. The maximum absolute atomic E-state index is 13.6. The summed E-state index contributed by atoms with van der Waals surface area (Å²) in [6.07, 6.45) is 3.66. The molecular formula is C24H28N2O5. The lowest BCUT2D eigenvalue weighted by atomic mass is 9.85. The van der Waals surface area contributed by atoms with Crippen molar-refractivity contribution >= 4 is 11.8 Å². The number of carbonyl (C=O) groups is 2. The molecule has 2 aliphatic rings. The topological polar surface area (TPSA) is 88.1 Å². The highest BCUT2D eigenvalue weighted by Gasteiger charge is 2.35. The van der Waals surface area contributed by atoms with E-state index in [4.69, 9.17) is 14.7 Å². The molecule has 1 aliphatic carbocycles. The van der Waals surface area contributed by atoms with Gasteiger partial charge >= 0.3 is 0 Å². The van der Waals surface area contributed by atoms with E-state index in [-0.39, 0.29) is 24.0 Å². The predicted molar refractivity (Wildman–Crippen MR) is 114 cm³/mol. The largest absolute Gasteiger partial charge is 0.491 e. The number of hydrogen-bond donors (Lipinski definition) is 2. The Hall–Kier alpha value is -2.90. The van der Waals surface area contributed by atoms with Gasteiger partial charge in [-0.05, 0) is 43.4 Å². The second kappa shape index (κ2) is 9.49. The Morgan fingerprint density at radius 2 is 1.84 bits per heavy atom. The third-order valence-corrected chi connectivity index (χ3v) is 6.37. The van der Waals surface area contributed by atoms with Crippen LogP contribution in [0.3, 0.4) is 0 Å². The Balaban J connectivity index is 1.63. The summed E-state index contributed by atoms with van der Waals surface area (Å²) in [4.78, 5) is 27.4. The van der Waals surface area contributed by atoms with Crippen molar-refractivity contribution in [2.45, 2.75) is 44.4 Å². The molecule has 1 saturated carbocycles. The molecule has 7 heteroatoms. The molecule has 1 aliphatic heterocycles. The number of rotatable bonds is 4. The maximum atomic E-state index is 13.6. The zero-order valence-electron chi connectivity index (χ0n) is 17.6. The quantitative estimate of drug-likeness (QED) is 0.580. The van der Waals surface area contributed by atoms with Crippen LogP contribution in [-0.2, 0) is 16.1 Å². The molecular weight excluding hydrogens is 396 g/mol. The van der Waals surface area contributed by atoms with Crippen molar-refractivity contribution in [3.05, 3.63) is 65.2 Å². The second-order valence-electron chi connectivity index (χ2n) is 8.18. The molecule has 2 aromatic rings. The molecule has 2 amide bonds. The van der Waals surface area contributed by atoms with Gasteiger partial charge < -0.3 is 14.4 Å². The molecule has 7 nitrogen and oxygen atoms in total. The summed E-state index contributed by atoms with van der Waals surface area (Å²) in [6, 6.07) is 14.7. The molecule has 0 bridgehead atoms. The first kappa shape index (κ1) is 21.3. The van der Waals surface area contributed by atoms with Gasteiger partial charge in [-0.3, -0.25) is 14.8 Å². The van der Waals surface area contributed by atoms with Crippen LogP contribution in [-0.4, -0.2) is 41.7 Å². The number of fused-ring (bicyclic) bond motifs is 1. The van der Waals surface area contributed by atoms with E-state index >= 15 is 0 Å². The first-order valence-corrected chi connectivity index (χ1v) is 10.7. The molecule has 0 aromatic heterocycles. The Kier molecular flexibility index (Phi) is 6.53. The molecule has 0 unspecified atom stereocenters. The Morgan fingerprint density at radius 1 is 1.10 bits per heavy atom. The smallest absolute Gasteiger partial charge is 0.274 e. The molecule has 0 spiro atoms. The number of nitrogens with one attached hydrogen (secondary N) is 1. The number of ether oxygens (including phenoxy) is 2. The minimum atomic E-state index is -0.599. The summed E-state index contributed by atoms with van der Waals surface area (Å²) >= 11 is 0. The lowest BCUT2D eigenvalue weighted by Gasteiger charge is -2.35. The Bertz CT molecular complexity index is 925. The van der Waals surface area contributed by atoms with Crippen LogP contribution in [0, 0.1) is 5.92 Å². The molecule has 0 radical (unpaired) electrons. The number of methoxy groups -OCH3 is 1. The van der Waals surface area contributed by atoms with Gasteiger partial charge in [0.2, 0.25) is 5.91 Å². The molecule has 1 heterocycles. The third-order valence-electron chi connectivity index (χ3n) is 6.37. The summed E-state index contributed by atoms with van der Waals surface area (Å²) in [5, 5.41) is 8.93. The predicted octanol–water partition coefficient (Wildman–Crippen LogP) is 3.47. The first-order chi connectivity index (χ1) is 15.1. The van der Waals surface area contributed by atoms with Crippen molar-refractivity contribution in [3.63, 3.8) is 0 Å². The molecule has 2 aromatic carbocycles. The highest BCUT2D eigenvalue weighted by atomic mass is 16.5. The van der Waals surface area contributed by atoms with E-state index in [9.17, 15) is 9.59 Å². The van der Waals surface area contributed by atoms with Crippen LogP contribution in [0.2, 0.25) is 0 Å².